The molecular weight excluding hydrogens is 498 g/mol. The molecule has 1 aliphatic carbocycles. The van der Waals surface area contributed by atoms with Crippen molar-refractivity contribution in [2.75, 3.05) is 17.1 Å². The molecule has 36 heavy (non-hydrogen) atoms. The molecule has 0 aliphatic heterocycles. The van der Waals surface area contributed by atoms with Crippen molar-refractivity contribution < 1.29 is 18.0 Å². The molecular formula is C27H36ClN3O4S. The van der Waals surface area contributed by atoms with E-state index in [-0.39, 0.29) is 18.5 Å². The molecule has 1 fully saturated rings. The van der Waals surface area contributed by atoms with Crippen LogP contribution in [-0.2, 0) is 26.2 Å². The van der Waals surface area contributed by atoms with E-state index in [0.29, 0.717) is 10.7 Å². The smallest absolute Gasteiger partial charge is 0.244 e. The van der Waals surface area contributed by atoms with Gasteiger partial charge < -0.3 is 10.2 Å². The van der Waals surface area contributed by atoms with Crippen LogP contribution in [-0.4, -0.2) is 50.0 Å². The molecule has 3 rings (SSSR count). The molecule has 0 unspecified atom stereocenters. The monoisotopic (exact) mass is 533 g/mol. The number of sulfonamides is 1. The normalized spacial score (nSPS) is 15.2. The van der Waals surface area contributed by atoms with Crippen LogP contribution in [0.25, 0.3) is 0 Å². The summed E-state index contributed by atoms with van der Waals surface area (Å²) in [6.45, 7) is 5.22. The number of amides is 2. The SMILES string of the molecule is Cc1cccc(CN(C(=O)CN(c2ccc(C)c(Cl)c2)S(C)(=O)=O)[C@H](C)C(=O)NC2CCCCC2)c1. The second-order valence-electron chi connectivity index (χ2n) is 9.73. The number of halogens is 1. The summed E-state index contributed by atoms with van der Waals surface area (Å²) in [7, 11) is -3.80. The molecule has 196 valence electrons. The molecule has 2 aromatic carbocycles. The molecule has 0 heterocycles. The van der Waals surface area contributed by atoms with Gasteiger partial charge in [-0.15, -0.1) is 0 Å². The Labute approximate surface area is 219 Å². The van der Waals surface area contributed by atoms with E-state index in [1.54, 1.807) is 19.1 Å². The van der Waals surface area contributed by atoms with Gasteiger partial charge >= 0.3 is 0 Å². The zero-order chi connectivity index (χ0) is 26.5. The third-order valence-corrected chi connectivity index (χ3v) is 8.22. The second kappa shape index (κ2) is 12.1. The summed E-state index contributed by atoms with van der Waals surface area (Å²) in [5.41, 5.74) is 3.00. The van der Waals surface area contributed by atoms with Gasteiger partial charge in [0.05, 0.1) is 11.9 Å². The molecule has 2 aromatic rings. The molecule has 0 spiro atoms. The number of carbonyl (C=O) groups excluding carboxylic acids is 2. The fourth-order valence-electron chi connectivity index (χ4n) is 4.51. The predicted octanol–water partition coefficient (Wildman–Crippen LogP) is 4.59. The van der Waals surface area contributed by atoms with Crippen LogP contribution in [0.5, 0.6) is 0 Å². The summed E-state index contributed by atoms with van der Waals surface area (Å²) < 4.78 is 26.4. The maximum atomic E-state index is 13.7. The molecule has 1 saturated carbocycles. The van der Waals surface area contributed by atoms with Crippen molar-refractivity contribution in [2.24, 2.45) is 0 Å². The molecule has 2 amide bonds. The van der Waals surface area contributed by atoms with E-state index in [2.05, 4.69) is 5.32 Å². The first-order chi connectivity index (χ1) is 17.0. The largest absolute Gasteiger partial charge is 0.352 e. The van der Waals surface area contributed by atoms with E-state index in [1.807, 2.05) is 38.1 Å². The van der Waals surface area contributed by atoms with Crippen molar-refractivity contribution in [1.29, 1.82) is 0 Å². The van der Waals surface area contributed by atoms with Gasteiger partial charge in [0.2, 0.25) is 21.8 Å². The lowest BCUT2D eigenvalue weighted by Crippen LogP contribution is -2.53. The summed E-state index contributed by atoms with van der Waals surface area (Å²) in [5, 5.41) is 3.51. The van der Waals surface area contributed by atoms with Crippen LogP contribution >= 0.6 is 11.6 Å². The maximum absolute atomic E-state index is 13.7. The average Bonchev–Trinajstić information content (AvgIpc) is 2.82. The van der Waals surface area contributed by atoms with Crippen LogP contribution in [0.1, 0.15) is 55.7 Å². The Kier molecular flexibility index (Phi) is 9.41. The Morgan fingerprint density at radius 3 is 2.39 bits per heavy atom. The minimum absolute atomic E-state index is 0.104. The summed E-state index contributed by atoms with van der Waals surface area (Å²) in [4.78, 5) is 28.3. The fraction of sp³-hybridized carbons (Fsp3) is 0.481. The quantitative estimate of drug-likeness (QED) is 0.511. The van der Waals surface area contributed by atoms with Gasteiger partial charge in [0.15, 0.2) is 0 Å². The Morgan fingerprint density at radius 2 is 1.78 bits per heavy atom. The summed E-state index contributed by atoms with van der Waals surface area (Å²) >= 11 is 6.24. The van der Waals surface area contributed by atoms with Gasteiger partial charge in [0, 0.05) is 17.6 Å². The van der Waals surface area contributed by atoms with Crippen molar-refractivity contribution >= 4 is 39.1 Å². The number of nitrogens with zero attached hydrogens (tertiary/aromatic N) is 2. The third-order valence-electron chi connectivity index (χ3n) is 6.68. The van der Waals surface area contributed by atoms with E-state index < -0.39 is 28.5 Å². The molecule has 0 bridgehead atoms. The molecule has 0 saturated heterocycles. The molecule has 1 N–H and O–H groups in total. The van der Waals surface area contributed by atoms with E-state index in [0.717, 1.165) is 52.9 Å². The minimum Gasteiger partial charge on any atom is -0.352 e. The number of rotatable bonds is 9. The third kappa shape index (κ3) is 7.46. The zero-order valence-electron chi connectivity index (χ0n) is 21.5. The number of carbonyl (C=O) groups is 2. The van der Waals surface area contributed by atoms with Crippen molar-refractivity contribution in [3.05, 3.63) is 64.2 Å². The van der Waals surface area contributed by atoms with Crippen molar-refractivity contribution in [3.63, 3.8) is 0 Å². The number of hydrogen-bond acceptors (Lipinski definition) is 4. The second-order valence-corrected chi connectivity index (χ2v) is 12.0. The van der Waals surface area contributed by atoms with Crippen LogP contribution in [0.15, 0.2) is 42.5 Å². The van der Waals surface area contributed by atoms with Gasteiger partial charge in [0.1, 0.15) is 12.6 Å². The molecule has 0 aromatic heterocycles. The van der Waals surface area contributed by atoms with Crippen molar-refractivity contribution in [3.8, 4) is 0 Å². The van der Waals surface area contributed by atoms with Crippen LogP contribution in [0.4, 0.5) is 5.69 Å². The number of anilines is 1. The van der Waals surface area contributed by atoms with Gasteiger partial charge in [-0.2, -0.15) is 0 Å². The van der Waals surface area contributed by atoms with Gasteiger partial charge in [-0.25, -0.2) is 8.42 Å². The Hall–Kier alpha value is -2.58. The minimum atomic E-state index is -3.80. The molecule has 7 nitrogen and oxygen atoms in total. The summed E-state index contributed by atoms with van der Waals surface area (Å²) in [5.74, 6) is -0.697. The summed E-state index contributed by atoms with van der Waals surface area (Å²) in [6, 6.07) is 11.9. The maximum Gasteiger partial charge on any atom is 0.244 e. The number of aryl methyl sites for hydroxylation is 2. The first-order valence-corrected chi connectivity index (χ1v) is 14.6. The molecule has 1 aliphatic rings. The standard InChI is InChI=1S/C27H36ClN3O4S/c1-19-9-8-10-22(15-19)17-30(21(3)27(33)29-23-11-6-5-7-12-23)26(32)18-31(36(4,34)35)24-14-13-20(2)25(28)16-24/h8-10,13-16,21,23H,5-7,11-12,17-18H2,1-4H3,(H,29,33)/t21-/m1/s1. The van der Waals surface area contributed by atoms with Crippen molar-refractivity contribution in [1.82, 2.24) is 10.2 Å². The van der Waals surface area contributed by atoms with E-state index in [9.17, 15) is 18.0 Å². The first-order valence-electron chi connectivity index (χ1n) is 12.3. The van der Waals surface area contributed by atoms with Crippen LogP contribution in [0.3, 0.4) is 0 Å². The lowest BCUT2D eigenvalue weighted by atomic mass is 9.95. The highest BCUT2D eigenvalue weighted by Gasteiger charge is 2.31. The lowest BCUT2D eigenvalue weighted by molar-refractivity contribution is -0.139. The highest BCUT2D eigenvalue weighted by atomic mass is 35.5. The predicted molar refractivity (Wildman–Crippen MR) is 145 cm³/mol. The Balaban J connectivity index is 1.88. The average molecular weight is 534 g/mol. The lowest BCUT2D eigenvalue weighted by Gasteiger charge is -2.33. The van der Waals surface area contributed by atoms with Gasteiger partial charge in [-0.3, -0.25) is 13.9 Å². The number of benzene rings is 2. The Bertz CT molecular complexity index is 1200. The van der Waals surface area contributed by atoms with Gasteiger partial charge in [-0.1, -0.05) is 66.8 Å². The fourth-order valence-corrected chi connectivity index (χ4v) is 5.53. The van der Waals surface area contributed by atoms with E-state index in [4.69, 9.17) is 11.6 Å². The van der Waals surface area contributed by atoms with Crippen LogP contribution < -0.4 is 9.62 Å². The molecule has 0 radical (unpaired) electrons. The summed E-state index contributed by atoms with van der Waals surface area (Å²) in [6.07, 6.45) is 6.24. The van der Waals surface area contributed by atoms with Gasteiger partial charge in [-0.05, 0) is 56.9 Å². The van der Waals surface area contributed by atoms with Crippen LogP contribution in [0, 0.1) is 13.8 Å². The van der Waals surface area contributed by atoms with E-state index in [1.165, 1.54) is 17.4 Å². The van der Waals surface area contributed by atoms with Crippen molar-refractivity contribution in [2.45, 2.75) is 71.5 Å². The Morgan fingerprint density at radius 1 is 1.08 bits per heavy atom. The molecule has 9 heteroatoms. The van der Waals surface area contributed by atoms with Crippen LogP contribution in [0.2, 0.25) is 5.02 Å². The molecule has 1 atom stereocenters. The zero-order valence-corrected chi connectivity index (χ0v) is 23.0. The topological polar surface area (TPSA) is 86.8 Å². The first kappa shape index (κ1) is 28.0. The highest BCUT2D eigenvalue weighted by Crippen LogP contribution is 2.25. The number of hydrogen-bond donors (Lipinski definition) is 1. The highest BCUT2D eigenvalue weighted by molar-refractivity contribution is 7.92. The van der Waals surface area contributed by atoms with E-state index >= 15 is 0 Å². The van der Waals surface area contributed by atoms with Gasteiger partial charge in [0.25, 0.3) is 0 Å². The number of nitrogens with one attached hydrogen (secondary N) is 1.